The molecule has 3 amide bonds. The third kappa shape index (κ3) is 7.80. The van der Waals surface area contributed by atoms with Crippen molar-refractivity contribution in [3.05, 3.63) is 11.6 Å². The minimum atomic E-state index is -0.605. The molecule has 1 N–H and O–H groups in total. The maximum atomic E-state index is 13.7. The molecule has 2 unspecified atom stereocenters. The molecule has 2 fully saturated rings. The Morgan fingerprint density at radius 2 is 1.61 bits per heavy atom. The molecule has 0 spiro atoms. The van der Waals surface area contributed by atoms with Crippen LogP contribution in [0.1, 0.15) is 87.5 Å². The fourth-order valence-electron chi connectivity index (χ4n) is 5.69. The number of nitrogens with zero attached hydrogens (tertiary/aromatic N) is 3. The summed E-state index contributed by atoms with van der Waals surface area (Å²) in [6.45, 7) is 18.9. The van der Waals surface area contributed by atoms with Crippen LogP contribution in [0.2, 0.25) is 0 Å². The van der Waals surface area contributed by atoms with Crippen LogP contribution in [0.5, 0.6) is 0 Å². The van der Waals surface area contributed by atoms with Crippen LogP contribution in [-0.2, 0) is 14.4 Å². The van der Waals surface area contributed by atoms with E-state index in [4.69, 9.17) is 0 Å². The highest BCUT2D eigenvalue weighted by Crippen LogP contribution is 2.22. The van der Waals surface area contributed by atoms with Crippen LogP contribution < -0.4 is 5.32 Å². The minimum absolute atomic E-state index is 0.0469. The summed E-state index contributed by atoms with van der Waals surface area (Å²) in [6.07, 6.45) is 7.12. The molecular formula is C29H52N4O3. The lowest BCUT2D eigenvalue weighted by Gasteiger charge is -2.39. The zero-order valence-electron chi connectivity index (χ0n) is 24.3. The van der Waals surface area contributed by atoms with Crippen LogP contribution in [0, 0.1) is 17.8 Å². The summed E-state index contributed by atoms with van der Waals surface area (Å²) in [6, 6.07) is -0.739. The van der Waals surface area contributed by atoms with Crippen molar-refractivity contribution in [2.75, 3.05) is 26.7 Å². The topological polar surface area (TPSA) is 73.0 Å². The Bertz CT molecular complexity index is 791. The average Bonchev–Trinajstić information content (AvgIpc) is 2.83. The zero-order valence-corrected chi connectivity index (χ0v) is 24.3. The predicted molar refractivity (Wildman–Crippen MR) is 146 cm³/mol. The van der Waals surface area contributed by atoms with Crippen LogP contribution >= 0.6 is 0 Å². The lowest BCUT2D eigenvalue weighted by atomic mass is 9.95. The number of carbonyl (C=O) groups is 3. The Morgan fingerprint density at radius 3 is 2.17 bits per heavy atom. The molecule has 7 nitrogen and oxygen atoms in total. The van der Waals surface area contributed by atoms with E-state index in [0.29, 0.717) is 11.5 Å². The fourth-order valence-corrected chi connectivity index (χ4v) is 5.69. The standard InChI is InChI=1S/C29H52N4O3/c1-19(2)25(17-23(8)28(35)32-15-12-13-22(7)18-32)31(9)29(36)26(20(3)4)30-27(34)24-14-10-11-16-33(24)21(5)6/h17,19-22,24-26H,10-16,18H2,1-9H3,(H,30,34)/b23-17+/t22?,24?,25-,26+/m1/s1. The van der Waals surface area contributed by atoms with Crippen LogP contribution in [-0.4, -0.2) is 83.3 Å². The molecule has 0 aromatic heterocycles. The summed E-state index contributed by atoms with van der Waals surface area (Å²) in [4.78, 5) is 46.1. The quantitative estimate of drug-likeness (QED) is 0.480. The van der Waals surface area contributed by atoms with Gasteiger partial charge in [0.05, 0.1) is 12.1 Å². The second-order valence-electron chi connectivity index (χ2n) is 12.1. The van der Waals surface area contributed by atoms with E-state index < -0.39 is 6.04 Å². The van der Waals surface area contributed by atoms with Crippen molar-refractivity contribution < 1.29 is 14.4 Å². The SMILES string of the molecule is C/C(=C\[C@H](C(C)C)N(C)C(=O)[C@@H](NC(=O)C1CCCCN1C(C)C)C(C)C)C(=O)N1CCCC(C)C1. The van der Waals surface area contributed by atoms with Gasteiger partial charge in [0, 0.05) is 31.8 Å². The second kappa shape index (κ2) is 13.6. The van der Waals surface area contributed by atoms with Gasteiger partial charge in [0.15, 0.2) is 0 Å². The number of hydrogen-bond donors (Lipinski definition) is 1. The summed E-state index contributed by atoms with van der Waals surface area (Å²) in [5.74, 6) is 0.507. The Balaban J connectivity index is 2.18. The van der Waals surface area contributed by atoms with Crippen molar-refractivity contribution >= 4 is 17.7 Å². The van der Waals surface area contributed by atoms with Gasteiger partial charge in [0.1, 0.15) is 6.04 Å². The van der Waals surface area contributed by atoms with Crippen LogP contribution in [0.25, 0.3) is 0 Å². The van der Waals surface area contributed by atoms with Crippen molar-refractivity contribution in [3.8, 4) is 0 Å². The molecule has 2 saturated heterocycles. The Kier molecular flexibility index (Phi) is 11.5. The van der Waals surface area contributed by atoms with E-state index in [1.807, 2.05) is 31.7 Å². The third-order valence-electron chi connectivity index (χ3n) is 7.92. The number of likely N-dealkylation sites (N-methyl/N-ethyl adjacent to an activating group) is 1. The number of piperidine rings is 2. The Morgan fingerprint density at radius 1 is 0.944 bits per heavy atom. The maximum Gasteiger partial charge on any atom is 0.249 e. The molecule has 2 heterocycles. The molecule has 0 aromatic carbocycles. The number of rotatable bonds is 9. The van der Waals surface area contributed by atoms with Crippen molar-refractivity contribution in [2.45, 2.75) is 112 Å². The Hall–Kier alpha value is -1.89. The molecule has 2 aliphatic heterocycles. The van der Waals surface area contributed by atoms with Crippen LogP contribution in [0.15, 0.2) is 11.6 Å². The Labute approximate surface area is 220 Å². The maximum absolute atomic E-state index is 13.7. The summed E-state index contributed by atoms with van der Waals surface area (Å²) in [5.41, 5.74) is 0.683. The zero-order chi connectivity index (χ0) is 27.2. The smallest absolute Gasteiger partial charge is 0.249 e. The number of carbonyl (C=O) groups excluding carboxylic acids is 3. The number of hydrogen-bond acceptors (Lipinski definition) is 4. The van der Waals surface area contributed by atoms with E-state index in [9.17, 15) is 14.4 Å². The van der Waals surface area contributed by atoms with Gasteiger partial charge in [-0.15, -0.1) is 0 Å². The van der Waals surface area contributed by atoms with Crippen LogP contribution in [0.3, 0.4) is 0 Å². The first-order valence-corrected chi connectivity index (χ1v) is 14.2. The first kappa shape index (κ1) is 30.3. The van der Waals surface area contributed by atoms with Gasteiger partial charge >= 0.3 is 0 Å². The van der Waals surface area contributed by atoms with E-state index in [0.717, 1.165) is 51.7 Å². The number of nitrogens with one attached hydrogen (secondary N) is 1. The van der Waals surface area contributed by atoms with Gasteiger partial charge in [-0.3, -0.25) is 19.3 Å². The van der Waals surface area contributed by atoms with Gasteiger partial charge in [-0.25, -0.2) is 0 Å². The highest BCUT2D eigenvalue weighted by Gasteiger charge is 2.36. The molecule has 0 aliphatic carbocycles. The highest BCUT2D eigenvalue weighted by molar-refractivity contribution is 5.93. The first-order valence-electron chi connectivity index (χ1n) is 14.2. The monoisotopic (exact) mass is 504 g/mol. The molecule has 36 heavy (non-hydrogen) atoms. The molecule has 4 atom stereocenters. The van der Waals surface area contributed by atoms with E-state index in [1.54, 1.807) is 11.9 Å². The third-order valence-corrected chi connectivity index (χ3v) is 7.92. The summed E-state index contributed by atoms with van der Waals surface area (Å²) >= 11 is 0. The number of likely N-dealkylation sites (tertiary alicyclic amines) is 2. The fraction of sp³-hybridized carbons (Fsp3) is 0.828. The molecular weight excluding hydrogens is 452 g/mol. The molecule has 0 bridgehead atoms. The molecule has 206 valence electrons. The first-order chi connectivity index (χ1) is 16.8. The highest BCUT2D eigenvalue weighted by atomic mass is 16.2. The van der Waals surface area contributed by atoms with Crippen molar-refractivity contribution in [2.24, 2.45) is 17.8 Å². The van der Waals surface area contributed by atoms with Gasteiger partial charge in [0.25, 0.3) is 0 Å². The van der Waals surface area contributed by atoms with Crippen molar-refractivity contribution in [1.29, 1.82) is 0 Å². The molecule has 7 heteroatoms. The number of amides is 3. The normalized spacial score (nSPS) is 23.7. The predicted octanol–water partition coefficient (Wildman–Crippen LogP) is 4.08. The van der Waals surface area contributed by atoms with Gasteiger partial charge in [-0.1, -0.05) is 47.1 Å². The van der Waals surface area contributed by atoms with Crippen molar-refractivity contribution in [1.82, 2.24) is 20.0 Å². The van der Waals surface area contributed by atoms with E-state index in [2.05, 4.69) is 44.8 Å². The van der Waals surface area contributed by atoms with Crippen LogP contribution in [0.4, 0.5) is 0 Å². The van der Waals surface area contributed by atoms with Gasteiger partial charge in [0.2, 0.25) is 17.7 Å². The molecule has 2 rings (SSSR count). The molecule has 2 aliphatic rings. The summed E-state index contributed by atoms with van der Waals surface area (Å²) in [7, 11) is 1.80. The molecule has 0 aromatic rings. The van der Waals surface area contributed by atoms with Gasteiger partial charge in [-0.2, -0.15) is 0 Å². The lowest BCUT2D eigenvalue weighted by molar-refractivity contribution is -0.140. The van der Waals surface area contributed by atoms with Gasteiger partial charge < -0.3 is 15.1 Å². The largest absolute Gasteiger partial charge is 0.343 e. The summed E-state index contributed by atoms with van der Waals surface area (Å²) < 4.78 is 0. The van der Waals surface area contributed by atoms with E-state index in [-0.39, 0.29) is 47.7 Å². The molecule has 0 radical (unpaired) electrons. The average molecular weight is 505 g/mol. The van der Waals surface area contributed by atoms with Crippen molar-refractivity contribution in [3.63, 3.8) is 0 Å². The van der Waals surface area contributed by atoms with E-state index in [1.165, 1.54) is 0 Å². The lowest BCUT2D eigenvalue weighted by Crippen LogP contribution is -2.58. The summed E-state index contributed by atoms with van der Waals surface area (Å²) in [5, 5.41) is 3.11. The minimum Gasteiger partial charge on any atom is -0.343 e. The second-order valence-corrected chi connectivity index (χ2v) is 12.1. The molecule has 0 saturated carbocycles. The van der Waals surface area contributed by atoms with Gasteiger partial charge in [-0.05, 0) is 70.8 Å². The van der Waals surface area contributed by atoms with E-state index >= 15 is 0 Å².